The van der Waals surface area contributed by atoms with E-state index < -0.39 is 122 Å². The largest absolute Gasteiger partial charge is 0.472 e. The lowest BCUT2D eigenvalue weighted by molar-refractivity contribution is -0.346. The number of carbonyl (C=O) groups excluding carboxylic acids is 2. The van der Waals surface area contributed by atoms with Crippen LogP contribution >= 0.6 is 0 Å². The quantitative estimate of drug-likeness (QED) is 0.128. The number of fused-ring (bicyclic) bond motifs is 3. The van der Waals surface area contributed by atoms with Crippen LogP contribution in [0.25, 0.3) is 0 Å². The zero-order valence-electron chi connectivity index (χ0n) is 27.3. The van der Waals surface area contributed by atoms with E-state index in [2.05, 4.69) is 0 Å². The fourth-order valence-corrected chi connectivity index (χ4v) is 7.39. The second-order valence-electron chi connectivity index (χ2n) is 13.2. The highest BCUT2D eigenvalue weighted by atomic mass is 16.8. The van der Waals surface area contributed by atoms with Crippen LogP contribution in [-0.2, 0) is 37.9 Å². The average Bonchev–Trinajstić information content (AvgIpc) is 3.83. The first-order valence-corrected chi connectivity index (χ1v) is 16.7. The third-order valence-corrected chi connectivity index (χ3v) is 10.1. The molecule has 16 atom stereocenters. The molecular formula is C35H40O16. The Bertz CT molecular complexity index is 1560. The molecule has 0 radical (unpaired) electrons. The molecule has 3 saturated heterocycles. The summed E-state index contributed by atoms with van der Waals surface area (Å²) in [4.78, 5) is 26.3. The molecule has 0 aromatic heterocycles. The molecule has 5 aliphatic rings. The van der Waals surface area contributed by atoms with Crippen molar-refractivity contribution < 1.29 is 78.1 Å². The van der Waals surface area contributed by atoms with E-state index in [1.54, 1.807) is 61.5 Å². The number of benzene rings is 2. The second-order valence-corrected chi connectivity index (χ2v) is 13.2. The van der Waals surface area contributed by atoms with Crippen molar-refractivity contribution in [2.45, 2.75) is 92.4 Å². The number of hydrogen-bond acceptors (Lipinski definition) is 16. The van der Waals surface area contributed by atoms with Crippen molar-refractivity contribution in [3.05, 3.63) is 84.1 Å². The summed E-state index contributed by atoms with van der Waals surface area (Å²) in [5.74, 6) is -2.91. The highest BCUT2D eigenvalue weighted by molar-refractivity contribution is 5.90. The van der Waals surface area contributed by atoms with Crippen LogP contribution in [0.15, 0.2) is 73.0 Å². The van der Waals surface area contributed by atoms with Crippen molar-refractivity contribution in [2.24, 2.45) is 11.8 Å². The number of rotatable bonds is 10. The predicted molar refractivity (Wildman–Crippen MR) is 167 cm³/mol. The summed E-state index contributed by atoms with van der Waals surface area (Å²) in [6.07, 6.45) is -14.4. The Balaban J connectivity index is 1.12. The van der Waals surface area contributed by atoms with Crippen LogP contribution in [0.5, 0.6) is 0 Å². The van der Waals surface area contributed by atoms with Crippen molar-refractivity contribution in [3.8, 4) is 0 Å². The number of aliphatic hydroxyl groups is 6. The lowest BCUT2D eigenvalue weighted by Crippen LogP contribution is -2.61. The zero-order valence-corrected chi connectivity index (χ0v) is 27.3. The Hall–Kier alpha value is -3.52. The molecule has 6 N–H and O–H groups in total. The Labute approximate surface area is 291 Å². The SMILES string of the molecule is C[C@H]1O[C@@H](O[C@H]2C3C=COC(O[C@@H]4O[C@H](CO)[C@@H](O)[C@H](O)[C@H]4O)C3[C@@]3(CO)O[C@@H]23)[C@@H](OC(=O)c2ccccc2)[C@H](O)[C@H]1OC(=O)c1ccccc1. The van der Waals surface area contributed by atoms with Crippen molar-refractivity contribution in [2.75, 3.05) is 13.2 Å². The molecule has 1 aliphatic carbocycles. The highest BCUT2D eigenvalue weighted by Gasteiger charge is 2.77. The van der Waals surface area contributed by atoms with Crippen LogP contribution in [0, 0.1) is 11.8 Å². The number of esters is 2. The van der Waals surface area contributed by atoms with Gasteiger partial charge in [0, 0.05) is 5.92 Å². The molecule has 7 rings (SSSR count). The molecular weight excluding hydrogens is 676 g/mol. The topological polar surface area (TPSA) is 233 Å². The van der Waals surface area contributed by atoms with E-state index in [4.69, 9.17) is 37.9 Å². The van der Waals surface area contributed by atoms with Gasteiger partial charge in [0.25, 0.3) is 0 Å². The molecule has 0 bridgehead atoms. The molecule has 0 spiro atoms. The Morgan fingerprint density at radius 3 is 1.96 bits per heavy atom. The van der Waals surface area contributed by atoms with E-state index in [9.17, 15) is 40.2 Å². The van der Waals surface area contributed by atoms with E-state index >= 15 is 0 Å². The minimum absolute atomic E-state index is 0.186. The maximum atomic E-state index is 13.3. The number of carbonyl (C=O) groups is 2. The molecule has 4 fully saturated rings. The van der Waals surface area contributed by atoms with Crippen LogP contribution in [0.1, 0.15) is 27.6 Å². The number of aliphatic hydroxyl groups excluding tert-OH is 6. The molecule has 1 saturated carbocycles. The molecule has 51 heavy (non-hydrogen) atoms. The number of epoxide rings is 1. The predicted octanol–water partition coefficient (Wildman–Crippen LogP) is -1.01. The first-order valence-electron chi connectivity index (χ1n) is 16.7. The van der Waals surface area contributed by atoms with Gasteiger partial charge in [-0.15, -0.1) is 0 Å². The summed E-state index contributed by atoms with van der Waals surface area (Å²) in [6, 6.07) is 16.2. The van der Waals surface area contributed by atoms with E-state index in [-0.39, 0.29) is 11.1 Å². The maximum absolute atomic E-state index is 13.3. The van der Waals surface area contributed by atoms with Gasteiger partial charge in [-0.2, -0.15) is 0 Å². The molecule has 2 aromatic carbocycles. The number of hydrogen-bond donors (Lipinski definition) is 6. The van der Waals surface area contributed by atoms with Gasteiger partial charge in [0.2, 0.25) is 6.29 Å². The molecule has 16 nitrogen and oxygen atoms in total. The van der Waals surface area contributed by atoms with Gasteiger partial charge in [-0.05, 0) is 37.3 Å². The van der Waals surface area contributed by atoms with E-state index in [1.165, 1.54) is 18.4 Å². The van der Waals surface area contributed by atoms with Gasteiger partial charge in [-0.1, -0.05) is 36.4 Å². The van der Waals surface area contributed by atoms with Crippen molar-refractivity contribution >= 4 is 11.9 Å². The molecule has 4 aliphatic heterocycles. The summed E-state index contributed by atoms with van der Waals surface area (Å²) in [5.41, 5.74) is -0.837. The minimum atomic E-state index is -1.71. The van der Waals surface area contributed by atoms with Crippen LogP contribution in [-0.4, -0.2) is 141 Å². The summed E-state index contributed by atoms with van der Waals surface area (Å²) < 4.78 is 47.3. The highest BCUT2D eigenvalue weighted by Crippen LogP contribution is 2.61. The van der Waals surface area contributed by atoms with Gasteiger partial charge in [-0.3, -0.25) is 0 Å². The van der Waals surface area contributed by atoms with Gasteiger partial charge in [0.05, 0.1) is 48.7 Å². The van der Waals surface area contributed by atoms with Gasteiger partial charge < -0.3 is 68.5 Å². The van der Waals surface area contributed by atoms with Crippen molar-refractivity contribution in [1.29, 1.82) is 0 Å². The average molecular weight is 717 g/mol. The molecule has 0 amide bonds. The Kier molecular flexibility index (Phi) is 10.2. The van der Waals surface area contributed by atoms with E-state index in [1.807, 2.05) is 0 Å². The summed E-state index contributed by atoms with van der Waals surface area (Å²) in [6.45, 7) is 0.399. The molecule has 276 valence electrons. The fourth-order valence-electron chi connectivity index (χ4n) is 7.39. The lowest BCUT2D eigenvalue weighted by Gasteiger charge is -2.44. The fraction of sp³-hybridized carbons (Fsp3) is 0.543. The third kappa shape index (κ3) is 6.55. The van der Waals surface area contributed by atoms with Crippen LogP contribution in [0.2, 0.25) is 0 Å². The first kappa shape index (κ1) is 35.9. The Morgan fingerprint density at radius 2 is 1.35 bits per heavy atom. The minimum Gasteiger partial charge on any atom is -0.472 e. The monoisotopic (exact) mass is 716 g/mol. The first-order chi connectivity index (χ1) is 24.6. The lowest BCUT2D eigenvalue weighted by atomic mass is 9.85. The molecule has 3 unspecified atom stereocenters. The smallest absolute Gasteiger partial charge is 0.338 e. The molecule has 16 heteroatoms. The van der Waals surface area contributed by atoms with Crippen molar-refractivity contribution in [3.63, 3.8) is 0 Å². The normalized spacial score (nSPS) is 42.6. The van der Waals surface area contributed by atoms with Gasteiger partial charge in [-0.25, -0.2) is 9.59 Å². The van der Waals surface area contributed by atoms with Crippen LogP contribution in [0.4, 0.5) is 0 Å². The standard InChI is InChI=1S/C35H40O16/c1-16-26(47-30(42)17-8-4-2-5-9-17)25(41)28(48-31(43)18-10-6-3-7-11-18)34(45-16)49-27-19-12-13-44-32(21(19)35(15-37)29(27)51-35)50-33-24(40)23(39)22(38)20(14-36)46-33/h2-13,16,19-29,32-34,36-41H,14-15H2,1H3/t16-,19?,20-,21?,22-,23+,24-,25-,26+,27+,28+,29+,32?,33+,34+,35-/m1/s1. The molecule has 2 aromatic rings. The van der Waals surface area contributed by atoms with Crippen molar-refractivity contribution in [1.82, 2.24) is 0 Å². The van der Waals surface area contributed by atoms with Gasteiger partial charge >= 0.3 is 11.9 Å². The van der Waals surface area contributed by atoms with E-state index in [0.29, 0.717) is 0 Å². The summed E-state index contributed by atoms with van der Waals surface area (Å²) in [5, 5.41) is 62.9. The third-order valence-electron chi connectivity index (χ3n) is 10.1. The summed E-state index contributed by atoms with van der Waals surface area (Å²) >= 11 is 0. The van der Waals surface area contributed by atoms with Crippen LogP contribution in [0.3, 0.4) is 0 Å². The number of ether oxygens (including phenoxy) is 8. The second kappa shape index (κ2) is 14.5. The maximum Gasteiger partial charge on any atom is 0.338 e. The van der Waals surface area contributed by atoms with Crippen LogP contribution < -0.4 is 0 Å². The van der Waals surface area contributed by atoms with Gasteiger partial charge in [0.1, 0.15) is 42.2 Å². The van der Waals surface area contributed by atoms with E-state index in [0.717, 1.165) is 0 Å². The Morgan fingerprint density at radius 1 is 0.725 bits per heavy atom. The summed E-state index contributed by atoms with van der Waals surface area (Å²) in [7, 11) is 0. The zero-order chi connectivity index (χ0) is 36.0. The molecule has 4 heterocycles. The van der Waals surface area contributed by atoms with Gasteiger partial charge in [0.15, 0.2) is 24.8 Å².